The summed E-state index contributed by atoms with van der Waals surface area (Å²) in [5, 5.41) is 0. The molecule has 0 fully saturated rings. The minimum absolute atomic E-state index is 0.0386. The van der Waals surface area contributed by atoms with Gasteiger partial charge in [-0.25, -0.2) is 0 Å². The second-order valence-electron chi connectivity index (χ2n) is 6.62. The lowest BCUT2D eigenvalue weighted by atomic mass is 10.1. The van der Waals surface area contributed by atoms with Gasteiger partial charge >= 0.3 is 11.9 Å². The summed E-state index contributed by atoms with van der Waals surface area (Å²) < 4.78 is 15.8. The maximum Gasteiger partial charge on any atom is 0.311 e. The van der Waals surface area contributed by atoms with Crippen molar-refractivity contribution in [1.82, 2.24) is 0 Å². The minimum Gasteiger partial charge on any atom is -0.493 e. The van der Waals surface area contributed by atoms with Gasteiger partial charge in [0.05, 0.1) is 13.2 Å². The lowest BCUT2D eigenvalue weighted by molar-refractivity contribution is -0.149. The maximum absolute atomic E-state index is 11.9. The highest BCUT2D eigenvalue weighted by Gasteiger charge is 2.12. The predicted octanol–water partition coefficient (Wildman–Crippen LogP) is 4.53. The molecule has 0 aromatic heterocycles. The van der Waals surface area contributed by atoms with Gasteiger partial charge in [-0.1, -0.05) is 32.4 Å². The Labute approximate surface area is 150 Å². The summed E-state index contributed by atoms with van der Waals surface area (Å²) in [5.74, 6) is 1.02. The van der Waals surface area contributed by atoms with Crippen LogP contribution in [0.2, 0.25) is 0 Å². The summed E-state index contributed by atoms with van der Waals surface area (Å²) in [6.45, 7) is 6.13. The van der Waals surface area contributed by atoms with Gasteiger partial charge in [-0.05, 0) is 44.2 Å². The number of rotatable bonds is 11. The third kappa shape index (κ3) is 9.13. The van der Waals surface area contributed by atoms with E-state index in [4.69, 9.17) is 14.2 Å². The molecule has 0 amide bonds. The van der Waals surface area contributed by atoms with E-state index in [0.29, 0.717) is 36.7 Å². The number of ether oxygens (including phenoxy) is 3. The number of para-hydroxylation sites is 2. The molecule has 0 radical (unpaired) electrons. The van der Waals surface area contributed by atoms with E-state index in [-0.39, 0.29) is 18.0 Å². The van der Waals surface area contributed by atoms with Crippen LogP contribution in [-0.2, 0) is 14.3 Å². The SMILES string of the molecule is COc1ccccc1OC(=O)CCCCCC(=O)OC(C)CC(C)C. The molecular weight excluding hydrogens is 320 g/mol. The Morgan fingerprint density at radius 2 is 1.52 bits per heavy atom. The van der Waals surface area contributed by atoms with Crippen molar-refractivity contribution in [3.05, 3.63) is 24.3 Å². The van der Waals surface area contributed by atoms with Crippen LogP contribution in [0.25, 0.3) is 0 Å². The lowest BCUT2D eigenvalue weighted by Crippen LogP contribution is -2.16. The summed E-state index contributed by atoms with van der Waals surface area (Å²) in [4.78, 5) is 23.6. The Kier molecular flexibility index (Phi) is 9.66. The molecule has 1 rings (SSSR count). The van der Waals surface area contributed by atoms with E-state index in [1.165, 1.54) is 7.11 Å². The minimum atomic E-state index is -0.294. The molecule has 0 spiro atoms. The molecule has 0 bridgehead atoms. The fraction of sp³-hybridized carbons (Fsp3) is 0.600. The Balaban J connectivity index is 2.16. The van der Waals surface area contributed by atoms with Crippen LogP contribution in [0.3, 0.4) is 0 Å². The molecule has 0 saturated carbocycles. The van der Waals surface area contributed by atoms with E-state index in [0.717, 1.165) is 19.3 Å². The molecule has 5 nitrogen and oxygen atoms in total. The van der Waals surface area contributed by atoms with Gasteiger partial charge in [0.15, 0.2) is 11.5 Å². The van der Waals surface area contributed by atoms with Crippen LogP contribution >= 0.6 is 0 Å². The molecule has 0 saturated heterocycles. The zero-order valence-corrected chi connectivity index (χ0v) is 15.7. The van der Waals surface area contributed by atoms with Gasteiger partial charge in [-0.15, -0.1) is 0 Å². The highest BCUT2D eigenvalue weighted by atomic mass is 16.6. The van der Waals surface area contributed by atoms with Crippen molar-refractivity contribution in [3.8, 4) is 11.5 Å². The second kappa shape index (κ2) is 11.5. The molecule has 0 aliphatic rings. The van der Waals surface area contributed by atoms with E-state index in [1.54, 1.807) is 18.2 Å². The summed E-state index contributed by atoms with van der Waals surface area (Å²) >= 11 is 0. The van der Waals surface area contributed by atoms with Crippen molar-refractivity contribution in [2.24, 2.45) is 5.92 Å². The van der Waals surface area contributed by atoms with Crippen LogP contribution in [0.1, 0.15) is 59.3 Å². The van der Waals surface area contributed by atoms with Crippen LogP contribution in [0, 0.1) is 5.92 Å². The first-order valence-corrected chi connectivity index (χ1v) is 8.95. The highest BCUT2D eigenvalue weighted by molar-refractivity contribution is 5.73. The molecule has 1 aromatic rings. The number of esters is 2. The number of benzene rings is 1. The number of hydrogen-bond acceptors (Lipinski definition) is 5. The van der Waals surface area contributed by atoms with Crippen LogP contribution < -0.4 is 9.47 Å². The summed E-state index contributed by atoms with van der Waals surface area (Å²) in [6.07, 6.45) is 3.73. The monoisotopic (exact) mass is 350 g/mol. The summed E-state index contributed by atoms with van der Waals surface area (Å²) in [6, 6.07) is 7.05. The summed E-state index contributed by atoms with van der Waals surface area (Å²) in [5.41, 5.74) is 0. The molecule has 25 heavy (non-hydrogen) atoms. The highest BCUT2D eigenvalue weighted by Crippen LogP contribution is 2.26. The molecule has 0 aliphatic heterocycles. The van der Waals surface area contributed by atoms with Gasteiger partial charge in [-0.3, -0.25) is 9.59 Å². The van der Waals surface area contributed by atoms with Crippen molar-refractivity contribution >= 4 is 11.9 Å². The van der Waals surface area contributed by atoms with Crippen LogP contribution in [0.4, 0.5) is 0 Å². The standard InChI is InChI=1S/C20H30O5/c1-15(2)14-16(3)24-19(21)12-6-5-7-13-20(22)25-18-11-9-8-10-17(18)23-4/h8-11,15-16H,5-7,12-14H2,1-4H3. The first-order chi connectivity index (χ1) is 11.9. The van der Waals surface area contributed by atoms with Crippen molar-refractivity contribution in [2.45, 2.75) is 65.4 Å². The first-order valence-electron chi connectivity index (χ1n) is 8.95. The van der Waals surface area contributed by atoms with E-state index in [9.17, 15) is 9.59 Å². The van der Waals surface area contributed by atoms with Gasteiger partial charge in [0.25, 0.3) is 0 Å². The van der Waals surface area contributed by atoms with Crippen LogP contribution in [-0.4, -0.2) is 25.2 Å². The van der Waals surface area contributed by atoms with Crippen molar-refractivity contribution in [3.63, 3.8) is 0 Å². The van der Waals surface area contributed by atoms with Crippen molar-refractivity contribution in [1.29, 1.82) is 0 Å². The van der Waals surface area contributed by atoms with Crippen LogP contribution in [0.5, 0.6) is 11.5 Å². The van der Waals surface area contributed by atoms with Crippen LogP contribution in [0.15, 0.2) is 24.3 Å². The van der Waals surface area contributed by atoms with Crippen molar-refractivity contribution < 1.29 is 23.8 Å². The third-order valence-electron chi connectivity index (χ3n) is 3.69. The zero-order chi connectivity index (χ0) is 18.7. The molecule has 1 unspecified atom stereocenters. The van der Waals surface area contributed by atoms with E-state index >= 15 is 0 Å². The molecule has 5 heteroatoms. The molecule has 0 heterocycles. The van der Waals surface area contributed by atoms with Gasteiger partial charge in [0, 0.05) is 12.8 Å². The largest absolute Gasteiger partial charge is 0.493 e. The lowest BCUT2D eigenvalue weighted by Gasteiger charge is -2.15. The molecule has 0 aliphatic carbocycles. The second-order valence-corrected chi connectivity index (χ2v) is 6.62. The van der Waals surface area contributed by atoms with Gasteiger partial charge in [0.1, 0.15) is 0 Å². The normalized spacial score (nSPS) is 11.9. The van der Waals surface area contributed by atoms with E-state index in [2.05, 4.69) is 13.8 Å². The Morgan fingerprint density at radius 3 is 2.12 bits per heavy atom. The topological polar surface area (TPSA) is 61.8 Å². The molecule has 140 valence electrons. The fourth-order valence-corrected chi connectivity index (χ4v) is 2.59. The molecular formula is C20H30O5. The molecule has 1 atom stereocenters. The average molecular weight is 350 g/mol. The Hall–Kier alpha value is -2.04. The number of carbonyl (C=O) groups excluding carboxylic acids is 2. The number of unbranched alkanes of at least 4 members (excludes halogenated alkanes) is 2. The third-order valence-corrected chi connectivity index (χ3v) is 3.69. The quantitative estimate of drug-likeness (QED) is 0.333. The summed E-state index contributed by atoms with van der Waals surface area (Å²) in [7, 11) is 1.54. The zero-order valence-electron chi connectivity index (χ0n) is 15.7. The number of methoxy groups -OCH3 is 1. The van der Waals surface area contributed by atoms with Gasteiger partial charge < -0.3 is 14.2 Å². The number of hydrogen-bond donors (Lipinski definition) is 0. The number of carbonyl (C=O) groups is 2. The van der Waals surface area contributed by atoms with E-state index < -0.39 is 0 Å². The van der Waals surface area contributed by atoms with Gasteiger partial charge in [0.2, 0.25) is 0 Å². The maximum atomic E-state index is 11.9. The molecule has 0 N–H and O–H groups in total. The average Bonchev–Trinajstić information content (AvgIpc) is 2.54. The fourth-order valence-electron chi connectivity index (χ4n) is 2.59. The Morgan fingerprint density at radius 1 is 0.920 bits per heavy atom. The van der Waals surface area contributed by atoms with Crippen molar-refractivity contribution in [2.75, 3.05) is 7.11 Å². The smallest absolute Gasteiger partial charge is 0.311 e. The Bertz CT molecular complexity index is 539. The molecule has 1 aromatic carbocycles. The van der Waals surface area contributed by atoms with E-state index in [1.807, 2.05) is 13.0 Å². The predicted molar refractivity (Wildman–Crippen MR) is 96.7 cm³/mol. The first kappa shape index (κ1) is 21.0. The van der Waals surface area contributed by atoms with Gasteiger partial charge in [-0.2, -0.15) is 0 Å².